The van der Waals surface area contributed by atoms with Crippen LogP contribution in [0.4, 0.5) is 10.7 Å². The minimum absolute atomic E-state index is 0.234. The van der Waals surface area contributed by atoms with Gasteiger partial charge in [0.05, 0.1) is 4.92 Å². The van der Waals surface area contributed by atoms with Crippen molar-refractivity contribution < 1.29 is 18.1 Å². The van der Waals surface area contributed by atoms with Crippen molar-refractivity contribution >= 4 is 38.0 Å². The summed E-state index contributed by atoms with van der Waals surface area (Å²) in [6.07, 6.45) is 0. The van der Waals surface area contributed by atoms with Crippen molar-refractivity contribution in [2.24, 2.45) is 5.73 Å². The maximum absolute atomic E-state index is 12.0. The maximum atomic E-state index is 12.0. The summed E-state index contributed by atoms with van der Waals surface area (Å²) in [5, 5.41) is 10.4. The van der Waals surface area contributed by atoms with Gasteiger partial charge in [-0.1, -0.05) is 11.3 Å². The molecule has 1 rings (SSSR count). The molecule has 1 amide bonds. The normalized spacial score (nSPS) is 12.3. The molecule has 9 nitrogen and oxygen atoms in total. The molecule has 0 aromatic carbocycles. The molecular formula is C8H12N4O5S2. The highest BCUT2D eigenvalue weighted by atomic mass is 32.2. The number of rotatable bonds is 5. The second-order valence-electron chi connectivity index (χ2n) is 4.17. The van der Waals surface area contributed by atoms with Gasteiger partial charge in [-0.15, -0.1) is 0 Å². The molecule has 0 radical (unpaired) electrons. The van der Waals surface area contributed by atoms with Gasteiger partial charge in [0.1, 0.15) is 9.75 Å². The zero-order chi connectivity index (χ0) is 15.0. The number of nitrogens with one attached hydrogen (secondary N) is 1. The summed E-state index contributed by atoms with van der Waals surface area (Å²) in [5.41, 5.74) is 8.38. The highest BCUT2D eigenvalue weighted by Gasteiger charge is 2.33. The molecule has 0 saturated carbocycles. The van der Waals surface area contributed by atoms with Gasteiger partial charge in [0.25, 0.3) is 10.0 Å². The molecule has 0 fully saturated rings. The molecule has 0 aliphatic heterocycles. The van der Waals surface area contributed by atoms with Crippen molar-refractivity contribution in [2.45, 2.75) is 23.6 Å². The van der Waals surface area contributed by atoms with E-state index in [9.17, 15) is 23.3 Å². The Labute approximate surface area is 112 Å². The van der Waals surface area contributed by atoms with E-state index in [1.807, 2.05) is 0 Å². The van der Waals surface area contributed by atoms with Gasteiger partial charge in [0, 0.05) is 6.07 Å². The number of amides is 1. The SMILES string of the molecule is CC(C)(NS(=O)(=O)c1cc([N+](=O)[O-])c(N)s1)C(N)=O. The topological polar surface area (TPSA) is 158 Å². The summed E-state index contributed by atoms with van der Waals surface area (Å²) >= 11 is 0.536. The number of nitrogen functional groups attached to an aromatic ring is 1. The molecule has 1 aromatic heterocycles. The lowest BCUT2D eigenvalue weighted by Crippen LogP contribution is -2.52. The summed E-state index contributed by atoms with van der Waals surface area (Å²) in [4.78, 5) is 20.9. The van der Waals surface area contributed by atoms with Gasteiger partial charge < -0.3 is 11.5 Å². The van der Waals surface area contributed by atoms with Gasteiger partial charge in [-0.2, -0.15) is 4.72 Å². The van der Waals surface area contributed by atoms with Crippen LogP contribution in [0.25, 0.3) is 0 Å². The maximum Gasteiger partial charge on any atom is 0.304 e. The molecule has 0 saturated heterocycles. The fraction of sp³-hybridized carbons (Fsp3) is 0.375. The van der Waals surface area contributed by atoms with Crippen LogP contribution in [-0.4, -0.2) is 24.8 Å². The van der Waals surface area contributed by atoms with Crippen LogP contribution in [0.15, 0.2) is 10.3 Å². The molecule has 1 aromatic rings. The van der Waals surface area contributed by atoms with Crippen molar-refractivity contribution in [1.29, 1.82) is 0 Å². The number of anilines is 1. The Morgan fingerprint density at radius 1 is 1.53 bits per heavy atom. The Morgan fingerprint density at radius 2 is 2.05 bits per heavy atom. The monoisotopic (exact) mass is 308 g/mol. The van der Waals surface area contributed by atoms with E-state index in [0.717, 1.165) is 6.07 Å². The summed E-state index contributed by atoms with van der Waals surface area (Å²) < 4.78 is 25.6. The van der Waals surface area contributed by atoms with E-state index in [1.54, 1.807) is 0 Å². The molecule has 19 heavy (non-hydrogen) atoms. The first-order chi connectivity index (χ1) is 8.47. The van der Waals surface area contributed by atoms with Gasteiger partial charge in [-0.25, -0.2) is 8.42 Å². The number of primary amides is 1. The van der Waals surface area contributed by atoms with Crippen molar-refractivity contribution in [3.63, 3.8) is 0 Å². The number of nitrogens with two attached hydrogens (primary N) is 2. The first kappa shape index (κ1) is 15.3. The van der Waals surface area contributed by atoms with Crippen molar-refractivity contribution in [3.8, 4) is 0 Å². The third kappa shape index (κ3) is 3.19. The molecule has 5 N–H and O–H groups in total. The van der Waals surface area contributed by atoms with Crippen LogP contribution in [0.3, 0.4) is 0 Å². The Kier molecular flexibility index (Phi) is 3.84. The lowest BCUT2D eigenvalue weighted by Gasteiger charge is -2.21. The fourth-order valence-electron chi connectivity index (χ4n) is 1.08. The molecule has 1 heterocycles. The Hall–Kier alpha value is -1.72. The highest BCUT2D eigenvalue weighted by Crippen LogP contribution is 2.34. The number of sulfonamides is 1. The summed E-state index contributed by atoms with van der Waals surface area (Å²) in [6, 6.07) is 0.833. The predicted octanol–water partition coefficient (Wildman–Crippen LogP) is -0.219. The van der Waals surface area contributed by atoms with Crippen LogP contribution in [-0.2, 0) is 14.8 Å². The Balaban J connectivity index is 3.19. The number of carbonyl (C=O) groups excluding carboxylic acids is 1. The van der Waals surface area contributed by atoms with E-state index in [1.165, 1.54) is 13.8 Å². The number of hydrogen-bond acceptors (Lipinski definition) is 7. The van der Waals surface area contributed by atoms with E-state index < -0.39 is 32.1 Å². The first-order valence-electron chi connectivity index (χ1n) is 4.85. The van der Waals surface area contributed by atoms with Crippen LogP contribution in [0.5, 0.6) is 0 Å². The summed E-state index contributed by atoms with van der Waals surface area (Å²) in [5.74, 6) is -0.880. The number of thiophene rings is 1. The van der Waals surface area contributed by atoms with Crippen molar-refractivity contribution in [2.75, 3.05) is 5.73 Å². The molecule has 0 spiro atoms. The highest BCUT2D eigenvalue weighted by molar-refractivity contribution is 7.91. The van der Waals surface area contributed by atoms with Gasteiger partial charge in [-0.05, 0) is 13.8 Å². The third-order valence-corrected chi connectivity index (χ3v) is 5.27. The lowest BCUT2D eigenvalue weighted by molar-refractivity contribution is -0.383. The van der Waals surface area contributed by atoms with E-state index >= 15 is 0 Å². The molecule has 106 valence electrons. The second kappa shape index (κ2) is 4.75. The number of nitrogens with zero attached hydrogens (tertiary/aromatic N) is 1. The van der Waals surface area contributed by atoms with Gasteiger partial charge in [-0.3, -0.25) is 14.9 Å². The number of carbonyl (C=O) groups is 1. The van der Waals surface area contributed by atoms with Crippen molar-refractivity contribution in [3.05, 3.63) is 16.2 Å². The van der Waals surface area contributed by atoms with Crippen LogP contribution in [0.2, 0.25) is 0 Å². The average molecular weight is 308 g/mol. The quantitative estimate of drug-likeness (QED) is 0.503. The van der Waals surface area contributed by atoms with E-state index in [2.05, 4.69) is 4.72 Å². The number of nitro groups is 1. The minimum Gasteiger partial charge on any atom is -0.385 e. The predicted molar refractivity (Wildman–Crippen MR) is 69.0 cm³/mol. The first-order valence-corrected chi connectivity index (χ1v) is 7.15. The van der Waals surface area contributed by atoms with Crippen LogP contribution in [0.1, 0.15) is 13.8 Å². The van der Waals surface area contributed by atoms with Gasteiger partial charge >= 0.3 is 5.69 Å². The fourth-order valence-corrected chi connectivity index (χ4v) is 3.68. The Morgan fingerprint density at radius 3 is 2.42 bits per heavy atom. The molecule has 0 bridgehead atoms. The smallest absolute Gasteiger partial charge is 0.304 e. The number of hydrogen-bond donors (Lipinski definition) is 3. The molecule has 0 aliphatic carbocycles. The lowest BCUT2D eigenvalue weighted by atomic mass is 10.1. The Bertz CT molecular complexity index is 634. The van der Waals surface area contributed by atoms with E-state index in [0.29, 0.717) is 11.3 Å². The van der Waals surface area contributed by atoms with E-state index in [-0.39, 0.29) is 9.21 Å². The second-order valence-corrected chi connectivity index (χ2v) is 7.16. The zero-order valence-corrected chi connectivity index (χ0v) is 11.7. The van der Waals surface area contributed by atoms with Crippen LogP contribution < -0.4 is 16.2 Å². The summed E-state index contributed by atoms with van der Waals surface area (Å²) in [6.45, 7) is 2.55. The van der Waals surface area contributed by atoms with Crippen LogP contribution in [0, 0.1) is 10.1 Å². The van der Waals surface area contributed by atoms with Crippen LogP contribution >= 0.6 is 11.3 Å². The largest absolute Gasteiger partial charge is 0.385 e. The molecular weight excluding hydrogens is 296 g/mol. The summed E-state index contributed by atoms with van der Waals surface area (Å²) in [7, 11) is -4.11. The molecule has 0 aliphatic rings. The third-order valence-electron chi connectivity index (χ3n) is 2.18. The van der Waals surface area contributed by atoms with Gasteiger partial charge in [0.2, 0.25) is 5.91 Å². The molecule has 0 unspecified atom stereocenters. The van der Waals surface area contributed by atoms with Gasteiger partial charge in [0.15, 0.2) is 5.00 Å². The van der Waals surface area contributed by atoms with Crippen molar-refractivity contribution in [1.82, 2.24) is 4.72 Å². The van der Waals surface area contributed by atoms with E-state index in [4.69, 9.17) is 11.5 Å². The molecule has 11 heteroatoms. The standard InChI is InChI=1S/C8H12N4O5S2/c1-8(2,7(10)13)11-19(16,17)5-3-4(12(14)15)6(9)18-5/h3,11H,9H2,1-2H3,(H2,10,13). The molecule has 0 atom stereocenters. The minimum atomic E-state index is -4.11. The average Bonchev–Trinajstić information content (AvgIpc) is 2.59. The zero-order valence-electron chi connectivity index (χ0n) is 10.0.